The molecule has 0 aliphatic rings. The molecule has 0 fully saturated rings. The molecule has 0 bridgehead atoms. The highest BCUT2D eigenvalue weighted by Gasteiger charge is 2.02. The number of aromatic nitrogens is 4. The molecular weight excluding hydrogens is 250 g/mol. The van der Waals surface area contributed by atoms with Gasteiger partial charge in [0, 0.05) is 12.4 Å². The average Bonchev–Trinajstić information content (AvgIpc) is 2.95. The summed E-state index contributed by atoms with van der Waals surface area (Å²) < 4.78 is 0. The van der Waals surface area contributed by atoms with E-state index < -0.39 is 0 Å². The fourth-order valence-electron chi connectivity index (χ4n) is 1.91. The topological polar surface area (TPSA) is 55.6 Å². The molecule has 3 aromatic rings. The van der Waals surface area contributed by atoms with E-state index in [-0.39, 0.29) is 0 Å². The maximum Gasteiger partial charge on any atom is 0.102 e. The molecule has 0 amide bonds. The molecule has 0 spiro atoms. The monoisotopic (exact) mass is 265 g/mol. The van der Waals surface area contributed by atoms with Gasteiger partial charge in [0.25, 0.3) is 0 Å². The minimum absolute atomic E-state index is 0.623. The second-order valence-corrected chi connectivity index (χ2v) is 4.57. The number of hydrogen-bond donors (Lipinski definition) is 1. The van der Waals surface area contributed by atoms with Gasteiger partial charge in [0.15, 0.2) is 0 Å². The summed E-state index contributed by atoms with van der Waals surface area (Å²) in [7, 11) is 0. The van der Waals surface area contributed by atoms with Crippen LogP contribution in [0.2, 0.25) is 0 Å². The van der Waals surface area contributed by atoms with E-state index in [2.05, 4.69) is 26.6 Å². The van der Waals surface area contributed by atoms with Gasteiger partial charge in [-0.3, -0.25) is 4.98 Å². The standard InChI is InChI=1S/C15H15N5/c1-12-7-13(9-16-8-12)17-10-14-11-18-20(19-14)15-5-3-2-4-6-15/h2-9,11,17H,10H2,1H3. The van der Waals surface area contributed by atoms with Crippen LogP contribution in [-0.2, 0) is 6.54 Å². The molecule has 20 heavy (non-hydrogen) atoms. The molecule has 0 aliphatic carbocycles. The number of pyridine rings is 1. The van der Waals surface area contributed by atoms with Gasteiger partial charge in [-0.2, -0.15) is 15.0 Å². The van der Waals surface area contributed by atoms with Crippen LogP contribution >= 0.6 is 0 Å². The largest absolute Gasteiger partial charge is 0.378 e. The van der Waals surface area contributed by atoms with Crippen LogP contribution in [0, 0.1) is 6.92 Å². The van der Waals surface area contributed by atoms with Crippen LogP contribution in [0.25, 0.3) is 5.69 Å². The van der Waals surface area contributed by atoms with E-state index in [1.165, 1.54) is 0 Å². The smallest absolute Gasteiger partial charge is 0.102 e. The van der Waals surface area contributed by atoms with Gasteiger partial charge in [-0.25, -0.2) is 0 Å². The van der Waals surface area contributed by atoms with Crippen LogP contribution in [0.5, 0.6) is 0 Å². The van der Waals surface area contributed by atoms with Crippen molar-refractivity contribution in [3.05, 3.63) is 66.2 Å². The van der Waals surface area contributed by atoms with Gasteiger partial charge in [0.2, 0.25) is 0 Å². The maximum atomic E-state index is 4.44. The molecule has 0 aliphatic heterocycles. The quantitative estimate of drug-likeness (QED) is 0.787. The lowest BCUT2D eigenvalue weighted by Crippen LogP contribution is -2.03. The third-order valence-electron chi connectivity index (χ3n) is 2.88. The zero-order chi connectivity index (χ0) is 13.8. The molecule has 1 aromatic carbocycles. The van der Waals surface area contributed by atoms with Gasteiger partial charge < -0.3 is 5.32 Å². The Kier molecular flexibility index (Phi) is 3.41. The van der Waals surface area contributed by atoms with Crippen molar-refractivity contribution in [3.63, 3.8) is 0 Å². The highest BCUT2D eigenvalue weighted by Crippen LogP contribution is 2.09. The van der Waals surface area contributed by atoms with Crippen molar-refractivity contribution in [1.29, 1.82) is 0 Å². The Morgan fingerprint density at radius 1 is 1.10 bits per heavy atom. The van der Waals surface area contributed by atoms with E-state index in [0.29, 0.717) is 6.54 Å². The second kappa shape index (κ2) is 5.52. The van der Waals surface area contributed by atoms with E-state index in [4.69, 9.17) is 0 Å². The van der Waals surface area contributed by atoms with Crippen molar-refractivity contribution in [2.45, 2.75) is 13.5 Å². The summed E-state index contributed by atoms with van der Waals surface area (Å²) in [5.41, 5.74) is 3.95. The number of nitrogens with one attached hydrogen (secondary N) is 1. The van der Waals surface area contributed by atoms with Crippen molar-refractivity contribution >= 4 is 5.69 Å². The van der Waals surface area contributed by atoms with Gasteiger partial charge in [-0.15, -0.1) is 0 Å². The Hall–Kier alpha value is -2.69. The van der Waals surface area contributed by atoms with E-state index in [1.807, 2.05) is 43.5 Å². The zero-order valence-corrected chi connectivity index (χ0v) is 11.2. The van der Waals surface area contributed by atoms with Crippen molar-refractivity contribution in [1.82, 2.24) is 20.0 Å². The highest BCUT2D eigenvalue weighted by atomic mass is 15.5. The summed E-state index contributed by atoms with van der Waals surface area (Å²) in [6.45, 7) is 2.64. The first-order valence-corrected chi connectivity index (χ1v) is 6.43. The molecule has 2 aromatic heterocycles. The van der Waals surface area contributed by atoms with Crippen LogP contribution in [0.1, 0.15) is 11.3 Å². The molecule has 0 atom stereocenters. The Bertz CT molecular complexity index is 690. The van der Waals surface area contributed by atoms with Gasteiger partial charge in [-0.1, -0.05) is 18.2 Å². The van der Waals surface area contributed by atoms with Crippen LogP contribution < -0.4 is 5.32 Å². The molecule has 0 saturated carbocycles. The summed E-state index contributed by atoms with van der Waals surface area (Å²) in [5.74, 6) is 0. The summed E-state index contributed by atoms with van der Waals surface area (Å²) in [6, 6.07) is 11.9. The molecule has 0 saturated heterocycles. The Morgan fingerprint density at radius 3 is 2.75 bits per heavy atom. The van der Waals surface area contributed by atoms with Crippen LogP contribution in [0.3, 0.4) is 0 Å². The first kappa shape index (κ1) is 12.3. The fraction of sp³-hybridized carbons (Fsp3) is 0.133. The number of para-hydroxylation sites is 1. The SMILES string of the molecule is Cc1cncc(NCc2cnn(-c3ccccc3)n2)c1. The predicted molar refractivity (Wildman–Crippen MR) is 77.7 cm³/mol. The number of nitrogens with zero attached hydrogens (tertiary/aromatic N) is 4. The predicted octanol–water partition coefficient (Wildman–Crippen LogP) is 2.58. The first-order valence-electron chi connectivity index (χ1n) is 6.43. The summed E-state index contributed by atoms with van der Waals surface area (Å²) in [4.78, 5) is 5.78. The zero-order valence-electron chi connectivity index (χ0n) is 11.2. The molecule has 2 heterocycles. The van der Waals surface area contributed by atoms with Gasteiger partial charge >= 0.3 is 0 Å². The molecule has 5 heteroatoms. The number of anilines is 1. The lowest BCUT2D eigenvalue weighted by atomic mass is 10.3. The van der Waals surface area contributed by atoms with Gasteiger partial charge in [0.1, 0.15) is 5.69 Å². The summed E-state index contributed by atoms with van der Waals surface area (Å²) >= 11 is 0. The van der Waals surface area contributed by atoms with Crippen LogP contribution in [0.4, 0.5) is 5.69 Å². The molecule has 0 unspecified atom stereocenters. The van der Waals surface area contributed by atoms with E-state index >= 15 is 0 Å². The highest BCUT2D eigenvalue weighted by molar-refractivity contribution is 5.42. The van der Waals surface area contributed by atoms with E-state index in [9.17, 15) is 0 Å². The third-order valence-corrected chi connectivity index (χ3v) is 2.88. The number of aryl methyl sites for hydroxylation is 1. The van der Waals surface area contributed by atoms with Crippen molar-refractivity contribution in [3.8, 4) is 5.69 Å². The van der Waals surface area contributed by atoms with Crippen molar-refractivity contribution in [2.24, 2.45) is 0 Å². The second-order valence-electron chi connectivity index (χ2n) is 4.57. The van der Waals surface area contributed by atoms with E-state index in [0.717, 1.165) is 22.6 Å². The lowest BCUT2D eigenvalue weighted by molar-refractivity contribution is 0.740. The van der Waals surface area contributed by atoms with Gasteiger partial charge in [-0.05, 0) is 30.7 Å². The number of hydrogen-bond acceptors (Lipinski definition) is 4. The van der Waals surface area contributed by atoms with Crippen LogP contribution in [0.15, 0.2) is 55.0 Å². The minimum atomic E-state index is 0.623. The lowest BCUT2D eigenvalue weighted by Gasteiger charge is -2.04. The summed E-state index contributed by atoms with van der Waals surface area (Å²) in [6.07, 6.45) is 5.40. The molecule has 1 N–H and O–H groups in total. The van der Waals surface area contributed by atoms with Crippen LogP contribution in [-0.4, -0.2) is 20.0 Å². The number of rotatable bonds is 4. The minimum Gasteiger partial charge on any atom is -0.378 e. The number of benzene rings is 1. The van der Waals surface area contributed by atoms with E-state index in [1.54, 1.807) is 17.2 Å². The molecule has 100 valence electrons. The average molecular weight is 265 g/mol. The molecule has 3 rings (SSSR count). The molecule has 0 radical (unpaired) electrons. The Morgan fingerprint density at radius 2 is 1.95 bits per heavy atom. The Labute approximate surface area is 117 Å². The molecular formula is C15H15N5. The van der Waals surface area contributed by atoms with Crippen molar-refractivity contribution in [2.75, 3.05) is 5.32 Å². The van der Waals surface area contributed by atoms with Crippen molar-refractivity contribution < 1.29 is 0 Å². The normalized spacial score (nSPS) is 10.4. The maximum absolute atomic E-state index is 4.44. The molecule has 5 nitrogen and oxygen atoms in total. The third kappa shape index (κ3) is 2.83. The van der Waals surface area contributed by atoms with Gasteiger partial charge in [0.05, 0.1) is 24.1 Å². The first-order chi connectivity index (χ1) is 9.81. The Balaban J connectivity index is 1.69. The summed E-state index contributed by atoms with van der Waals surface area (Å²) in [5, 5.41) is 12.0. The fourth-order valence-corrected chi connectivity index (χ4v) is 1.91.